The zero-order chi connectivity index (χ0) is 7.52. The van der Waals surface area contributed by atoms with Gasteiger partial charge in [0.1, 0.15) is 0 Å². The quantitative estimate of drug-likeness (QED) is 0.443. The van der Waals surface area contributed by atoms with Gasteiger partial charge in [-0.3, -0.25) is 0 Å². The molecule has 0 bridgehead atoms. The molecule has 2 rings (SSSR count). The fraction of sp³-hybridized carbons (Fsp3) is 0.200. The van der Waals surface area contributed by atoms with Gasteiger partial charge in [0.05, 0.1) is 0 Å². The summed E-state index contributed by atoms with van der Waals surface area (Å²) < 4.78 is 1.60. The number of hydrogen-bond donors (Lipinski definition) is 0. The third kappa shape index (κ3) is 4.86. The van der Waals surface area contributed by atoms with Crippen molar-refractivity contribution in [3.8, 4) is 0 Å². The molecular weight excluding hydrogens is 274 g/mol. The van der Waals surface area contributed by atoms with Crippen LogP contribution in [0.15, 0.2) is 48.6 Å². The van der Waals surface area contributed by atoms with E-state index in [1.807, 2.05) is 0 Å². The average Bonchev–Trinajstić information content (AvgIpc) is 2.60. The largest absolute Gasteiger partial charge is 1.00 e. The molecule has 0 aromatic rings. The Morgan fingerprint density at radius 3 is 1.14 bits per heavy atom. The van der Waals surface area contributed by atoms with E-state index in [2.05, 4.69) is 48.6 Å². The Morgan fingerprint density at radius 1 is 0.571 bits per heavy atom. The first-order valence-corrected chi connectivity index (χ1v) is 5.71. The van der Waals surface area contributed by atoms with E-state index in [9.17, 15) is 0 Å². The van der Waals surface area contributed by atoms with Gasteiger partial charge in [-0.25, -0.2) is 0 Å². The molecule has 0 N–H and O–H groups in total. The van der Waals surface area contributed by atoms with Crippen LogP contribution in [-0.4, -0.2) is 0 Å². The summed E-state index contributed by atoms with van der Waals surface area (Å²) in [5, 5.41) is 0. The minimum Gasteiger partial charge on any atom is -1.00 e. The van der Waals surface area contributed by atoms with Crippen LogP contribution in [0.4, 0.5) is 0 Å². The van der Waals surface area contributed by atoms with Crippen LogP contribution in [0.2, 0.25) is 8.45 Å². The maximum absolute atomic E-state index is 2.32. The molecule has 0 unspecified atom stereocenters. The molecule has 2 aliphatic rings. The van der Waals surface area contributed by atoms with Crippen LogP contribution in [0.5, 0.6) is 0 Å². The van der Waals surface area contributed by atoms with Crippen molar-refractivity contribution in [2.45, 2.75) is 8.45 Å². The van der Waals surface area contributed by atoms with Crippen LogP contribution < -0.4 is 37.2 Å². The number of halogens is 3. The summed E-state index contributed by atoms with van der Waals surface area (Å²) in [6.45, 7) is 0. The summed E-state index contributed by atoms with van der Waals surface area (Å²) in [5.41, 5.74) is 0. The molecule has 14 heavy (non-hydrogen) atoms. The van der Waals surface area contributed by atoms with Crippen LogP contribution >= 0.6 is 0 Å². The van der Waals surface area contributed by atoms with Gasteiger partial charge < -0.3 is 37.2 Å². The van der Waals surface area contributed by atoms with Gasteiger partial charge in [0.2, 0.25) is 0 Å². The monoisotopic (exact) mass is 283 g/mol. The Bertz CT molecular complexity index is 206. The van der Waals surface area contributed by atoms with Crippen molar-refractivity contribution in [3.05, 3.63) is 48.6 Å². The van der Waals surface area contributed by atoms with Crippen molar-refractivity contribution >= 4 is 0 Å². The summed E-state index contributed by atoms with van der Waals surface area (Å²) in [6, 6.07) is 0. The van der Waals surface area contributed by atoms with Gasteiger partial charge in [-0.05, 0) is 0 Å². The minimum atomic E-state index is 0. The molecule has 0 heterocycles. The summed E-state index contributed by atoms with van der Waals surface area (Å²) in [6.07, 6.45) is 17.9. The molecule has 75 valence electrons. The molecule has 0 atom stereocenters. The fourth-order valence-electron chi connectivity index (χ4n) is 1.31. The first-order chi connectivity index (χ1) is 5.45. The molecule has 0 fully saturated rings. The molecule has 0 aromatic carbocycles. The van der Waals surface area contributed by atoms with E-state index < -0.39 is 0 Å². The molecule has 0 saturated heterocycles. The smallest absolute Gasteiger partial charge is 1.00 e. The molecular formula is C10H10Cl3Ti. The standard InChI is InChI=1S/2C5H5.3ClH.Ti/c2*1-2-4-5-3-1;;;;/h2*1-5H;3*1H;/q;;;;;+3/p-3. The Kier molecular flexibility index (Phi) is 10.7. The van der Waals surface area contributed by atoms with Gasteiger partial charge >= 0.3 is 76.2 Å². The van der Waals surface area contributed by atoms with Crippen LogP contribution in [0.25, 0.3) is 0 Å². The third-order valence-electron chi connectivity index (χ3n) is 1.88. The van der Waals surface area contributed by atoms with Crippen LogP contribution in [0.1, 0.15) is 0 Å². The Morgan fingerprint density at radius 2 is 0.857 bits per heavy atom. The van der Waals surface area contributed by atoms with Crippen molar-refractivity contribution in [1.29, 1.82) is 0 Å². The van der Waals surface area contributed by atoms with Gasteiger partial charge in [-0.15, -0.1) is 0 Å². The van der Waals surface area contributed by atoms with Gasteiger partial charge in [0, 0.05) is 0 Å². The van der Waals surface area contributed by atoms with E-state index in [-0.39, 0.29) is 56.4 Å². The second-order valence-electron chi connectivity index (χ2n) is 2.76. The topological polar surface area (TPSA) is 0 Å². The van der Waals surface area contributed by atoms with E-state index in [0.717, 1.165) is 8.45 Å². The van der Waals surface area contributed by atoms with Crippen molar-refractivity contribution < 1.29 is 56.4 Å². The van der Waals surface area contributed by atoms with Crippen molar-refractivity contribution in [2.24, 2.45) is 0 Å². The van der Waals surface area contributed by atoms with Crippen molar-refractivity contribution in [2.75, 3.05) is 0 Å². The van der Waals surface area contributed by atoms with E-state index in [4.69, 9.17) is 0 Å². The van der Waals surface area contributed by atoms with Crippen molar-refractivity contribution in [1.82, 2.24) is 0 Å². The third-order valence-corrected chi connectivity index (χ3v) is 4.29. The molecule has 2 aliphatic carbocycles. The SMILES string of the molecule is C1=C[CH]([Ti+3][CH]2C=CC=C2)C=C1.[Cl-].[Cl-].[Cl-]. The Labute approximate surface area is 113 Å². The average molecular weight is 284 g/mol. The second kappa shape index (κ2) is 8.82. The van der Waals surface area contributed by atoms with Gasteiger partial charge in [-0.1, -0.05) is 0 Å². The Hall–Kier alpha value is 0.544. The maximum atomic E-state index is 2.32. The molecule has 0 radical (unpaired) electrons. The van der Waals surface area contributed by atoms with Crippen LogP contribution in [0, 0.1) is 0 Å². The predicted octanol–water partition coefficient (Wildman–Crippen LogP) is -6.09. The minimum absolute atomic E-state index is 0. The van der Waals surface area contributed by atoms with Crippen LogP contribution in [0.3, 0.4) is 0 Å². The molecule has 0 amide bonds. The molecule has 0 spiro atoms. The first-order valence-electron chi connectivity index (χ1n) is 3.91. The molecule has 0 aliphatic heterocycles. The zero-order valence-electron chi connectivity index (χ0n) is 7.41. The van der Waals surface area contributed by atoms with E-state index in [1.165, 1.54) is 0 Å². The summed E-state index contributed by atoms with van der Waals surface area (Å²) in [7, 11) is 0. The molecule has 0 nitrogen and oxygen atoms in total. The second-order valence-corrected chi connectivity index (χ2v) is 5.36. The molecule has 0 saturated carbocycles. The number of rotatable bonds is 2. The normalized spacial score (nSPS) is 17.1. The van der Waals surface area contributed by atoms with E-state index in [0.29, 0.717) is 0 Å². The maximum Gasteiger partial charge on any atom is -1.00 e. The van der Waals surface area contributed by atoms with Crippen LogP contribution in [-0.2, 0) is 19.2 Å². The van der Waals surface area contributed by atoms with E-state index in [1.54, 1.807) is 0 Å². The summed E-state index contributed by atoms with van der Waals surface area (Å²) in [5.74, 6) is 0. The molecule has 0 aromatic heterocycles. The summed E-state index contributed by atoms with van der Waals surface area (Å²) in [4.78, 5) is 0. The molecule has 4 heteroatoms. The summed E-state index contributed by atoms with van der Waals surface area (Å²) >= 11 is 0.139. The van der Waals surface area contributed by atoms with Gasteiger partial charge in [0.15, 0.2) is 0 Å². The zero-order valence-corrected chi connectivity index (χ0v) is 11.2. The first kappa shape index (κ1) is 17.0. The predicted molar refractivity (Wildman–Crippen MR) is 44.1 cm³/mol. The van der Waals surface area contributed by atoms with Gasteiger partial charge in [-0.2, -0.15) is 0 Å². The number of hydrogen-bond acceptors (Lipinski definition) is 0. The fourth-order valence-corrected chi connectivity index (χ4v) is 3.39. The van der Waals surface area contributed by atoms with Crippen molar-refractivity contribution in [3.63, 3.8) is 0 Å². The Balaban J connectivity index is 0. The van der Waals surface area contributed by atoms with E-state index >= 15 is 0 Å². The van der Waals surface area contributed by atoms with Gasteiger partial charge in [0.25, 0.3) is 0 Å². The number of allylic oxidation sites excluding steroid dienone is 8.